The summed E-state index contributed by atoms with van der Waals surface area (Å²) in [5.41, 5.74) is 5.39. The van der Waals surface area contributed by atoms with Crippen LogP contribution in [0.1, 0.15) is 44.9 Å². The lowest BCUT2D eigenvalue weighted by molar-refractivity contribution is -0.138. The molecule has 0 aromatic carbocycles. The summed E-state index contributed by atoms with van der Waals surface area (Å²) in [6.45, 7) is 0.681. The van der Waals surface area contributed by atoms with Crippen molar-refractivity contribution in [1.82, 2.24) is 10.2 Å². The van der Waals surface area contributed by atoms with Gasteiger partial charge in [0, 0.05) is 12.6 Å². The van der Waals surface area contributed by atoms with E-state index in [-0.39, 0.29) is 23.9 Å². The summed E-state index contributed by atoms with van der Waals surface area (Å²) in [6, 6.07) is 0.0438. The second-order valence-electron chi connectivity index (χ2n) is 6.20. The number of nitrogens with two attached hydrogens (primary N) is 1. The van der Waals surface area contributed by atoms with Crippen molar-refractivity contribution < 1.29 is 9.59 Å². The number of fused-ring (bicyclic) bond motifs is 1. The Morgan fingerprint density at radius 2 is 1.89 bits per heavy atom. The molecule has 1 saturated carbocycles. The van der Waals surface area contributed by atoms with E-state index in [2.05, 4.69) is 5.32 Å². The van der Waals surface area contributed by atoms with Gasteiger partial charge in [0.1, 0.15) is 6.04 Å². The fourth-order valence-electron chi connectivity index (χ4n) is 4.04. The zero-order valence-electron chi connectivity index (χ0n) is 11.3. The minimum Gasteiger partial charge on any atom is -0.368 e. The lowest BCUT2D eigenvalue weighted by Crippen LogP contribution is -2.50. The van der Waals surface area contributed by atoms with E-state index in [1.54, 1.807) is 4.90 Å². The standard InChI is InChI=1S/C14H23N3O2/c15-13(18)12-6-3-7-17(12)14(19)11-8-9-4-1-2-5-10(9)16-11/h9-12,16H,1-8H2,(H2,15,18). The van der Waals surface area contributed by atoms with Crippen molar-refractivity contribution in [3.63, 3.8) is 0 Å². The Morgan fingerprint density at radius 3 is 2.63 bits per heavy atom. The number of amides is 2. The second-order valence-corrected chi connectivity index (χ2v) is 6.20. The lowest BCUT2D eigenvalue weighted by Gasteiger charge is -2.26. The van der Waals surface area contributed by atoms with Crippen LogP contribution >= 0.6 is 0 Å². The van der Waals surface area contributed by atoms with E-state index >= 15 is 0 Å². The maximum Gasteiger partial charge on any atom is 0.240 e. The molecule has 5 nitrogen and oxygen atoms in total. The first-order valence-electron chi connectivity index (χ1n) is 7.52. The predicted molar refractivity (Wildman–Crippen MR) is 71.2 cm³/mol. The molecule has 4 unspecified atom stereocenters. The quantitative estimate of drug-likeness (QED) is 0.758. The van der Waals surface area contributed by atoms with Crippen molar-refractivity contribution in [3.05, 3.63) is 0 Å². The van der Waals surface area contributed by atoms with Gasteiger partial charge in [-0.15, -0.1) is 0 Å². The van der Waals surface area contributed by atoms with Crippen molar-refractivity contribution in [2.75, 3.05) is 6.54 Å². The smallest absolute Gasteiger partial charge is 0.240 e. The van der Waals surface area contributed by atoms with E-state index < -0.39 is 0 Å². The van der Waals surface area contributed by atoms with Crippen LogP contribution in [0.15, 0.2) is 0 Å². The summed E-state index contributed by atoms with van der Waals surface area (Å²) in [6.07, 6.45) is 7.53. The molecule has 0 aromatic heterocycles. The number of hydrogen-bond donors (Lipinski definition) is 2. The van der Waals surface area contributed by atoms with Gasteiger partial charge in [-0.05, 0) is 38.0 Å². The Morgan fingerprint density at radius 1 is 1.11 bits per heavy atom. The predicted octanol–water partition coefficient (Wildman–Crippen LogP) is 0.383. The molecule has 3 rings (SSSR count). The SMILES string of the molecule is NC(=O)C1CCCN1C(=O)C1CC2CCCCC2N1. The maximum absolute atomic E-state index is 12.6. The zero-order chi connectivity index (χ0) is 13.4. The van der Waals surface area contributed by atoms with Gasteiger partial charge in [0.05, 0.1) is 6.04 Å². The third-order valence-electron chi connectivity index (χ3n) is 5.03. The Hall–Kier alpha value is -1.10. The average molecular weight is 265 g/mol. The normalized spacial score (nSPS) is 38.2. The number of nitrogens with zero attached hydrogens (tertiary/aromatic N) is 1. The zero-order valence-corrected chi connectivity index (χ0v) is 11.3. The van der Waals surface area contributed by atoms with Crippen molar-refractivity contribution in [2.45, 2.75) is 63.1 Å². The van der Waals surface area contributed by atoms with Crippen LogP contribution in [0.3, 0.4) is 0 Å². The van der Waals surface area contributed by atoms with Crippen molar-refractivity contribution in [3.8, 4) is 0 Å². The molecule has 0 bridgehead atoms. The Kier molecular flexibility index (Phi) is 3.48. The Labute approximate surface area is 113 Å². The molecule has 0 aromatic rings. The summed E-state index contributed by atoms with van der Waals surface area (Å²) in [5, 5.41) is 3.49. The van der Waals surface area contributed by atoms with E-state index in [1.807, 2.05) is 0 Å². The van der Waals surface area contributed by atoms with Crippen LogP contribution in [0.2, 0.25) is 0 Å². The van der Waals surface area contributed by atoms with E-state index in [0.717, 1.165) is 19.3 Å². The molecule has 2 aliphatic heterocycles. The second kappa shape index (κ2) is 5.12. The molecular weight excluding hydrogens is 242 g/mol. The van der Waals surface area contributed by atoms with Crippen LogP contribution in [-0.2, 0) is 9.59 Å². The van der Waals surface area contributed by atoms with Gasteiger partial charge in [-0.2, -0.15) is 0 Å². The summed E-state index contributed by atoms with van der Waals surface area (Å²) in [5.74, 6) is 0.384. The monoisotopic (exact) mass is 265 g/mol. The Balaban J connectivity index is 1.66. The Bertz CT molecular complexity index is 371. The molecule has 2 saturated heterocycles. The highest BCUT2D eigenvalue weighted by molar-refractivity contribution is 5.89. The molecule has 5 heteroatoms. The highest BCUT2D eigenvalue weighted by Gasteiger charge is 2.42. The van der Waals surface area contributed by atoms with Crippen molar-refractivity contribution in [2.24, 2.45) is 11.7 Å². The number of rotatable bonds is 2. The molecule has 106 valence electrons. The third kappa shape index (κ3) is 2.36. The molecule has 1 aliphatic carbocycles. The maximum atomic E-state index is 12.6. The number of carbonyl (C=O) groups is 2. The largest absolute Gasteiger partial charge is 0.368 e. The van der Waals surface area contributed by atoms with E-state index in [0.29, 0.717) is 18.5 Å². The summed E-state index contributed by atoms with van der Waals surface area (Å²) < 4.78 is 0. The number of carbonyl (C=O) groups excluding carboxylic acids is 2. The molecule has 0 spiro atoms. The molecule has 0 radical (unpaired) electrons. The summed E-state index contributed by atoms with van der Waals surface area (Å²) >= 11 is 0. The number of nitrogens with one attached hydrogen (secondary N) is 1. The van der Waals surface area contributed by atoms with Gasteiger partial charge in [-0.25, -0.2) is 0 Å². The van der Waals surface area contributed by atoms with E-state index in [9.17, 15) is 9.59 Å². The molecule has 3 aliphatic rings. The van der Waals surface area contributed by atoms with Crippen molar-refractivity contribution >= 4 is 11.8 Å². The van der Waals surface area contributed by atoms with Gasteiger partial charge in [-0.1, -0.05) is 12.8 Å². The van der Waals surface area contributed by atoms with Crippen LogP contribution in [0.5, 0.6) is 0 Å². The summed E-state index contributed by atoms with van der Waals surface area (Å²) in [4.78, 5) is 25.7. The van der Waals surface area contributed by atoms with Crippen molar-refractivity contribution in [1.29, 1.82) is 0 Å². The number of likely N-dealkylation sites (tertiary alicyclic amines) is 1. The van der Waals surface area contributed by atoms with Gasteiger partial charge in [-0.3, -0.25) is 9.59 Å². The first kappa shape index (κ1) is 12.9. The van der Waals surface area contributed by atoms with E-state index in [1.165, 1.54) is 25.7 Å². The average Bonchev–Trinajstić information content (AvgIpc) is 3.04. The number of hydrogen-bond acceptors (Lipinski definition) is 3. The minimum atomic E-state index is -0.378. The van der Waals surface area contributed by atoms with Crippen LogP contribution in [-0.4, -0.2) is 41.4 Å². The molecule has 4 atom stereocenters. The highest BCUT2D eigenvalue weighted by Crippen LogP contribution is 2.34. The lowest BCUT2D eigenvalue weighted by atomic mass is 9.85. The number of primary amides is 1. The molecule has 2 amide bonds. The van der Waals surface area contributed by atoms with Crippen LogP contribution in [0, 0.1) is 5.92 Å². The van der Waals surface area contributed by atoms with Gasteiger partial charge >= 0.3 is 0 Å². The molecular formula is C14H23N3O2. The fourth-order valence-corrected chi connectivity index (χ4v) is 4.04. The van der Waals surface area contributed by atoms with Crippen LogP contribution < -0.4 is 11.1 Å². The molecule has 3 N–H and O–H groups in total. The first-order valence-corrected chi connectivity index (χ1v) is 7.52. The minimum absolute atomic E-state index is 0.0898. The molecule has 19 heavy (non-hydrogen) atoms. The highest BCUT2D eigenvalue weighted by atomic mass is 16.2. The molecule has 2 heterocycles. The fraction of sp³-hybridized carbons (Fsp3) is 0.857. The van der Waals surface area contributed by atoms with Gasteiger partial charge in [0.25, 0.3) is 0 Å². The van der Waals surface area contributed by atoms with Gasteiger partial charge < -0.3 is 16.0 Å². The third-order valence-corrected chi connectivity index (χ3v) is 5.03. The summed E-state index contributed by atoms with van der Waals surface area (Å²) in [7, 11) is 0. The van der Waals surface area contributed by atoms with Gasteiger partial charge in [0.2, 0.25) is 11.8 Å². The first-order chi connectivity index (χ1) is 9.16. The molecule has 3 fully saturated rings. The topological polar surface area (TPSA) is 75.4 Å². The van der Waals surface area contributed by atoms with Gasteiger partial charge in [0.15, 0.2) is 0 Å². The van der Waals surface area contributed by atoms with Crippen LogP contribution in [0.25, 0.3) is 0 Å². The van der Waals surface area contributed by atoms with E-state index in [4.69, 9.17) is 5.73 Å². The van der Waals surface area contributed by atoms with Crippen LogP contribution in [0.4, 0.5) is 0 Å².